The van der Waals surface area contributed by atoms with E-state index in [-0.39, 0.29) is 5.92 Å². The Balaban J connectivity index is 1.60. The number of likely N-dealkylation sites (tertiary alicyclic amines) is 1. The zero-order valence-corrected chi connectivity index (χ0v) is 12.7. The molecule has 1 aliphatic rings. The van der Waals surface area contributed by atoms with Gasteiger partial charge >= 0.3 is 5.97 Å². The smallest absolute Gasteiger partial charge is 0.306 e. The summed E-state index contributed by atoms with van der Waals surface area (Å²) in [5, 5.41) is 11.2. The molecular weight excluding hydrogens is 282 g/mol. The van der Waals surface area contributed by atoms with Gasteiger partial charge < -0.3 is 5.11 Å². The van der Waals surface area contributed by atoms with Crippen molar-refractivity contribution in [2.24, 2.45) is 5.92 Å². The molecule has 110 valence electrons. The highest BCUT2D eigenvalue weighted by molar-refractivity contribution is 7.10. The first-order valence-corrected chi connectivity index (χ1v) is 8.18. The van der Waals surface area contributed by atoms with Gasteiger partial charge in [0, 0.05) is 11.4 Å². The molecule has 1 aromatic carbocycles. The molecule has 3 rings (SSSR count). The number of thiophene rings is 1. The van der Waals surface area contributed by atoms with Crippen LogP contribution in [0.25, 0.3) is 11.1 Å². The minimum Gasteiger partial charge on any atom is -0.481 e. The molecule has 0 spiro atoms. The number of carboxylic acids is 1. The van der Waals surface area contributed by atoms with Gasteiger partial charge in [0.2, 0.25) is 0 Å². The Morgan fingerprint density at radius 2 is 1.90 bits per heavy atom. The van der Waals surface area contributed by atoms with Crippen molar-refractivity contribution in [2.45, 2.75) is 19.4 Å². The number of hydrogen-bond acceptors (Lipinski definition) is 3. The summed E-state index contributed by atoms with van der Waals surface area (Å²) in [5.41, 5.74) is 2.53. The SMILES string of the molecule is O=C(O)C1CCN(Cc2cc(-c3ccccc3)cs2)CC1. The lowest BCUT2D eigenvalue weighted by atomic mass is 9.97. The fourth-order valence-corrected chi connectivity index (χ4v) is 3.74. The highest BCUT2D eigenvalue weighted by Crippen LogP contribution is 2.27. The minimum absolute atomic E-state index is 0.149. The average molecular weight is 301 g/mol. The number of rotatable bonds is 4. The van der Waals surface area contributed by atoms with Crippen molar-refractivity contribution >= 4 is 17.3 Å². The lowest BCUT2D eigenvalue weighted by Gasteiger charge is -2.29. The highest BCUT2D eigenvalue weighted by Gasteiger charge is 2.24. The quantitative estimate of drug-likeness (QED) is 0.936. The van der Waals surface area contributed by atoms with Gasteiger partial charge in [-0.05, 0) is 48.5 Å². The van der Waals surface area contributed by atoms with Gasteiger partial charge in [-0.15, -0.1) is 11.3 Å². The van der Waals surface area contributed by atoms with Crippen molar-refractivity contribution in [2.75, 3.05) is 13.1 Å². The Morgan fingerprint density at radius 3 is 2.57 bits per heavy atom. The molecule has 2 heterocycles. The third-order valence-corrected chi connectivity index (χ3v) is 5.00. The van der Waals surface area contributed by atoms with Gasteiger partial charge in [0.25, 0.3) is 0 Å². The van der Waals surface area contributed by atoms with Crippen molar-refractivity contribution in [3.8, 4) is 11.1 Å². The molecule has 2 aromatic rings. The zero-order chi connectivity index (χ0) is 14.7. The van der Waals surface area contributed by atoms with Crippen LogP contribution in [0, 0.1) is 5.92 Å². The summed E-state index contributed by atoms with van der Waals surface area (Å²) in [4.78, 5) is 14.7. The molecule has 0 amide bonds. The highest BCUT2D eigenvalue weighted by atomic mass is 32.1. The van der Waals surface area contributed by atoms with E-state index < -0.39 is 5.97 Å². The lowest BCUT2D eigenvalue weighted by molar-refractivity contribution is -0.143. The number of carboxylic acid groups (broad SMARTS) is 1. The molecule has 1 N–H and O–H groups in total. The van der Waals surface area contributed by atoms with E-state index in [1.807, 2.05) is 6.07 Å². The Kier molecular flexibility index (Phi) is 4.36. The molecule has 0 radical (unpaired) electrons. The minimum atomic E-state index is -0.642. The number of hydrogen-bond donors (Lipinski definition) is 1. The Hall–Kier alpha value is -1.65. The largest absolute Gasteiger partial charge is 0.481 e. The van der Waals surface area contributed by atoms with Crippen LogP contribution in [0.4, 0.5) is 0 Å². The van der Waals surface area contributed by atoms with Crippen molar-refractivity contribution in [1.82, 2.24) is 4.90 Å². The van der Waals surface area contributed by atoms with Gasteiger partial charge in [0.1, 0.15) is 0 Å². The lowest BCUT2D eigenvalue weighted by Crippen LogP contribution is -2.35. The maximum Gasteiger partial charge on any atom is 0.306 e. The number of nitrogens with zero attached hydrogens (tertiary/aromatic N) is 1. The summed E-state index contributed by atoms with van der Waals surface area (Å²) in [5.74, 6) is -0.790. The third kappa shape index (κ3) is 3.52. The van der Waals surface area contributed by atoms with E-state index in [1.165, 1.54) is 16.0 Å². The summed E-state index contributed by atoms with van der Waals surface area (Å²) in [6.07, 6.45) is 1.54. The van der Waals surface area contributed by atoms with Gasteiger partial charge in [0.05, 0.1) is 5.92 Å². The number of carbonyl (C=O) groups is 1. The molecule has 0 unspecified atom stereocenters. The first-order chi connectivity index (χ1) is 10.2. The maximum atomic E-state index is 11.0. The number of piperidine rings is 1. The van der Waals surface area contributed by atoms with Gasteiger partial charge in [-0.1, -0.05) is 30.3 Å². The Bertz CT molecular complexity index is 600. The van der Waals surface area contributed by atoms with Crippen LogP contribution >= 0.6 is 11.3 Å². The molecule has 0 saturated carbocycles. The van der Waals surface area contributed by atoms with E-state index >= 15 is 0 Å². The van der Waals surface area contributed by atoms with Crippen molar-refractivity contribution in [1.29, 1.82) is 0 Å². The van der Waals surface area contributed by atoms with E-state index in [1.54, 1.807) is 11.3 Å². The summed E-state index contributed by atoms with van der Waals surface area (Å²) in [6.45, 7) is 2.70. The van der Waals surface area contributed by atoms with Crippen molar-refractivity contribution in [3.63, 3.8) is 0 Å². The van der Waals surface area contributed by atoms with Gasteiger partial charge in [0.15, 0.2) is 0 Å². The second kappa shape index (κ2) is 6.41. The summed E-state index contributed by atoms with van der Waals surface area (Å²) < 4.78 is 0. The van der Waals surface area contributed by atoms with Crippen LogP contribution in [-0.4, -0.2) is 29.1 Å². The fourth-order valence-electron chi connectivity index (χ4n) is 2.80. The molecule has 1 fully saturated rings. The second-order valence-corrected chi connectivity index (χ2v) is 6.55. The topological polar surface area (TPSA) is 40.5 Å². The molecule has 1 aromatic heterocycles. The van der Waals surface area contributed by atoms with E-state index in [0.29, 0.717) is 0 Å². The van der Waals surface area contributed by atoms with E-state index in [9.17, 15) is 4.79 Å². The molecule has 21 heavy (non-hydrogen) atoms. The molecule has 0 aliphatic carbocycles. The summed E-state index contributed by atoms with van der Waals surface area (Å²) in [6, 6.07) is 12.7. The van der Waals surface area contributed by atoms with Gasteiger partial charge in [-0.3, -0.25) is 9.69 Å². The molecule has 3 nitrogen and oxygen atoms in total. The van der Waals surface area contributed by atoms with Crippen LogP contribution in [0.1, 0.15) is 17.7 Å². The molecule has 0 atom stereocenters. The Labute approximate surface area is 128 Å². The molecule has 1 aliphatic heterocycles. The molecule has 4 heteroatoms. The average Bonchev–Trinajstić information content (AvgIpc) is 2.97. The first-order valence-electron chi connectivity index (χ1n) is 7.30. The first kappa shape index (κ1) is 14.3. The van der Waals surface area contributed by atoms with Crippen LogP contribution in [0.2, 0.25) is 0 Å². The van der Waals surface area contributed by atoms with Crippen LogP contribution in [-0.2, 0) is 11.3 Å². The standard InChI is InChI=1S/C17H19NO2S/c19-17(20)14-6-8-18(9-7-14)11-16-10-15(12-21-16)13-4-2-1-3-5-13/h1-5,10,12,14H,6-9,11H2,(H,19,20). The fraction of sp³-hybridized carbons (Fsp3) is 0.353. The van der Waals surface area contributed by atoms with Crippen LogP contribution < -0.4 is 0 Å². The van der Waals surface area contributed by atoms with Crippen molar-refractivity contribution in [3.05, 3.63) is 46.7 Å². The van der Waals surface area contributed by atoms with Crippen LogP contribution in [0.5, 0.6) is 0 Å². The second-order valence-electron chi connectivity index (χ2n) is 5.56. The predicted octanol–water partition coefficient (Wildman–Crippen LogP) is 3.71. The van der Waals surface area contributed by atoms with Crippen molar-refractivity contribution < 1.29 is 9.90 Å². The molecule has 1 saturated heterocycles. The number of benzene rings is 1. The normalized spacial score (nSPS) is 17.0. The third-order valence-electron chi connectivity index (χ3n) is 4.08. The number of aliphatic carboxylic acids is 1. The summed E-state index contributed by atoms with van der Waals surface area (Å²) >= 11 is 1.79. The zero-order valence-electron chi connectivity index (χ0n) is 11.9. The van der Waals surface area contributed by atoms with Crippen LogP contribution in [0.15, 0.2) is 41.8 Å². The predicted molar refractivity (Wildman–Crippen MR) is 85.4 cm³/mol. The summed E-state index contributed by atoms with van der Waals surface area (Å²) in [7, 11) is 0. The monoisotopic (exact) mass is 301 g/mol. The molecule has 0 bridgehead atoms. The van der Waals surface area contributed by atoms with Gasteiger partial charge in [-0.25, -0.2) is 0 Å². The van der Waals surface area contributed by atoms with E-state index in [2.05, 4.69) is 40.6 Å². The van der Waals surface area contributed by atoms with Crippen LogP contribution in [0.3, 0.4) is 0 Å². The van der Waals surface area contributed by atoms with Gasteiger partial charge in [-0.2, -0.15) is 0 Å². The Morgan fingerprint density at radius 1 is 1.19 bits per heavy atom. The molecular formula is C17H19NO2S. The van der Waals surface area contributed by atoms with E-state index in [0.717, 1.165) is 32.5 Å². The van der Waals surface area contributed by atoms with E-state index in [4.69, 9.17) is 5.11 Å². The maximum absolute atomic E-state index is 11.0.